The third kappa shape index (κ3) is 7.04. The topological polar surface area (TPSA) is 64.3 Å². The van der Waals surface area contributed by atoms with Gasteiger partial charge in [0.15, 0.2) is 0 Å². The fourth-order valence-electron chi connectivity index (χ4n) is 1.98. The van der Waals surface area contributed by atoms with Crippen LogP contribution < -0.4 is 15.8 Å². The van der Waals surface area contributed by atoms with Gasteiger partial charge in [-0.1, -0.05) is 44.6 Å². The van der Waals surface area contributed by atoms with E-state index in [0.717, 1.165) is 30.6 Å². The van der Waals surface area contributed by atoms with E-state index in [1.165, 1.54) is 0 Å². The van der Waals surface area contributed by atoms with Crippen LogP contribution in [0, 0.1) is 0 Å². The summed E-state index contributed by atoms with van der Waals surface area (Å²) in [5.41, 5.74) is 7.82. The van der Waals surface area contributed by atoms with Crippen LogP contribution in [0.5, 0.6) is 5.75 Å². The van der Waals surface area contributed by atoms with E-state index in [2.05, 4.69) is 12.2 Å². The second kappa shape index (κ2) is 10.5. The standard InChI is InChI=1S/C19H28N2O2/c1-4-6-11-18(15(3)20)19(22)21-14-16-9-8-10-17(13-16)23-12-7-5-2/h6,8-11,13H,4-5,7,12,14,20H2,1-3H3,(H,21,22)/b11-6-,18-15-. The van der Waals surface area contributed by atoms with Crippen LogP contribution in [0.1, 0.15) is 45.6 Å². The Morgan fingerprint density at radius 1 is 1.35 bits per heavy atom. The van der Waals surface area contributed by atoms with Crippen LogP contribution >= 0.6 is 0 Å². The minimum Gasteiger partial charge on any atom is -0.494 e. The quantitative estimate of drug-likeness (QED) is 0.415. The highest BCUT2D eigenvalue weighted by Gasteiger charge is 2.08. The van der Waals surface area contributed by atoms with Gasteiger partial charge in [-0.2, -0.15) is 0 Å². The van der Waals surface area contributed by atoms with Gasteiger partial charge in [-0.15, -0.1) is 0 Å². The Morgan fingerprint density at radius 3 is 2.78 bits per heavy atom. The van der Waals surface area contributed by atoms with E-state index in [1.54, 1.807) is 13.0 Å². The van der Waals surface area contributed by atoms with Gasteiger partial charge in [0.05, 0.1) is 12.2 Å². The molecule has 0 heterocycles. The summed E-state index contributed by atoms with van der Waals surface area (Å²) in [4.78, 5) is 12.2. The number of nitrogens with one attached hydrogen (secondary N) is 1. The number of hydrogen-bond donors (Lipinski definition) is 2. The summed E-state index contributed by atoms with van der Waals surface area (Å²) in [6, 6.07) is 7.79. The lowest BCUT2D eigenvalue weighted by atomic mass is 10.1. The highest BCUT2D eigenvalue weighted by atomic mass is 16.5. The molecule has 1 aromatic rings. The van der Waals surface area contributed by atoms with Crippen LogP contribution in [0.4, 0.5) is 0 Å². The molecule has 0 aliphatic heterocycles. The molecule has 1 aromatic carbocycles. The molecule has 23 heavy (non-hydrogen) atoms. The highest BCUT2D eigenvalue weighted by Crippen LogP contribution is 2.14. The molecule has 0 bridgehead atoms. The summed E-state index contributed by atoms with van der Waals surface area (Å²) in [7, 11) is 0. The SMILES string of the molecule is CC/C=C\C(C(=O)NCc1cccc(OCCCC)c1)=C(/C)N. The van der Waals surface area contributed by atoms with Gasteiger partial charge in [-0.05, 0) is 37.5 Å². The van der Waals surface area contributed by atoms with Crippen molar-refractivity contribution in [2.75, 3.05) is 6.61 Å². The average molecular weight is 316 g/mol. The van der Waals surface area contributed by atoms with E-state index < -0.39 is 0 Å². The van der Waals surface area contributed by atoms with E-state index in [0.29, 0.717) is 24.4 Å². The molecule has 0 fully saturated rings. The Balaban J connectivity index is 2.63. The molecular weight excluding hydrogens is 288 g/mol. The Kier molecular flexibility index (Phi) is 8.58. The molecule has 0 aromatic heterocycles. The lowest BCUT2D eigenvalue weighted by Crippen LogP contribution is -2.25. The van der Waals surface area contributed by atoms with Crippen LogP contribution in [0.25, 0.3) is 0 Å². The summed E-state index contributed by atoms with van der Waals surface area (Å²) >= 11 is 0. The van der Waals surface area contributed by atoms with E-state index >= 15 is 0 Å². The van der Waals surface area contributed by atoms with Gasteiger partial charge >= 0.3 is 0 Å². The van der Waals surface area contributed by atoms with Crippen LogP contribution in [-0.4, -0.2) is 12.5 Å². The zero-order valence-corrected chi connectivity index (χ0v) is 14.4. The van der Waals surface area contributed by atoms with Crippen molar-refractivity contribution >= 4 is 5.91 Å². The summed E-state index contributed by atoms with van der Waals surface area (Å²) < 4.78 is 5.68. The van der Waals surface area contributed by atoms with Gasteiger partial charge in [-0.25, -0.2) is 0 Å². The number of benzene rings is 1. The molecule has 0 spiro atoms. The Labute approximate surface area is 139 Å². The predicted molar refractivity (Wildman–Crippen MR) is 95.0 cm³/mol. The molecule has 0 saturated carbocycles. The van der Waals surface area contributed by atoms with Crippen molar-refractivity contribution in [3.05, 3.63) is 53.3 Å². The minimum absolute atomic E-state index is 0.160. The average Bonchev–Trinajstić information content (AvgIpc) is 2.53. The molecule has 0 aliphatic rings. The molecule has 0 saturated heterocycles. The van der Waals surface area contributed by atoms with Gasteiger partial charge in [-0.3, -0.25) is 4.79 Å². The molecule has 3 N–H and O–H groups in total. The molecule has 4 nitrogen and oxygen atoms in total. The molecular formula is C19H28N2O2. The molecule has 0 unspecified atom stereocenters. The molecule has 1 rings (SSSR count). The van der Waals surface area contributed by atoms with Crippen molar-refractivity contribution in [3.63, 3.8) is 0 Å². The van der Waals surface area contributed by atoms with Crippen molar-refractivity contribution in [2.24, 2.45) is 5.73 Å². The van der Waals surface area contributed by atoms with Crippen molar-refractivity contribution in [1.82, 2.24) is 5.32 Å². The first-order valence-corrected chi connectivity index (χ1v) is 8.21. The number of amides is 1. The summed E-state index contributed by atoms with van der Waals surface area (Å²) in [5.74, 6) is 0.675. The monoisotopic (exact) mass is 316 g/mol. The van der Waals surface area contributed by atoms with Gasteiger partial charge in [0.2, 0.25) is 0 Å². The molecule has 4 heteroatoms. The third-order valence-corrected chi connectivity index (χ3v) is 3.31. The number of ether oxygens (including phenoxy) is 1. The number of hydrogen-bond acceptors (Lipinski definition) is 3. The number of carbonyl (C=O) groups is 1. The zero-order valence-electron chi connectivity index (χ0n) is 14.4. The first kappa shape index (κ1) is 18.8. The second-order valence-corrected chi connectivity index (χ2v) is 5.44. The van der Waals surface area contributed by atoms with E-state index in [-0.39, 0.29) is 5.91 Å². The van der Waals surface area contributed by atoms with Gasteiger partial charge in [0.25, 0.3) is 5.91 Å². The third-order valence-electron chi connectivity index (χ3n) is 3.31. The molecule has 0 aliphatic carbocycles. The zero-order chi connectivity index (χ0) is 17.1. The summed E-state index contributed by atoms with van der Waals surface area (Å²) in [6.45, 7) is 7.04. The maximum atomic E-state index is 12.2. The molecule has 0 atom stereocenters. The molecule has 0 radical (unpaired) electrons. The highest BCUT2D eigenvalue weighted by molar-refractivity contribution is 5.96. The summed E-state index contributed by atoms with van der Waals surface area (Å²) in [5, 5.41) is 2.90. The maximum Gasteiger partial charge on any atom is 0.253 e. The molecule has 126 valence electrons. The number of nitrogens with two attached hydrogens (primary N) is 1. The Hall–Kier alpha value is -2.23. The Morgan fingerprint density at radius 2 is 2.13 bits per heavy atom. The fraction of sp³-hybridized carbons (Fsp3) is 0.421. The van der Waals surface area contributed by atoms with Crippen molar-refractivity contribution in [3.8, 4) is 5.75 Å². The van der Waals surface area contributed by atoms with Crippen molar-refractivity contribution in [2.45, 2.75) is 46.6 Å². The fourth-order valence-corrected chi connectivity index (χ4v) is 1.98. The van der Waals surface area contributed by atoms with Gasteiger partial charge in [0.1, 0.15) is 5.75 Å². The number of allylic oxidation sites excluding steroid dienone is 2. The van der Waals surface area contributed by atoms with Crippen LogP contribution in [0.15, 0.2) is 47.7 Å². The van der Waals surface area contributed by atoms with Gasteiger partial charge < -0.3 is 15.8 Å². The largest absolute Gasteiger partial charge is 0.494 e. The number of carbonyl (C=O) groups excluding carboxylic acids is 1. The van der Waals surface area contributed by atoms with E-state index in [1.807, 2.05) is 37.3 Å². The minimum atomic E-state index is -0.160. The smallest absolute Gasteiger partial charge is 0.253 e. The second-order valence-electron chi connectivity index (χ2n) is 5.44. The normalized spacial score (nSPS) is 12.1. The van der Waals surface area contributed by atoms with Crippen molar-refractivity contribution in [1.29, 1.82) is 0 Å². The van der Waals surface area contributed by atoms with E-state index in [9.17, 15) is 4.79 Å². The molecule has 1 amide bonds. The lowest BCUT2D eigenvalue weighted by molar-refractivity contribution is -0.117. The Bertz CT molecular complexity index is 558. The first-order chi connectivity index (χ1) is 11.1. The number of rotatable bonds is 9. The summed E-state index contributed by atoms with van der Waals surface area (Å²) in [6.07, 6.45) is 6.70. The van der Waals surface area contributed by atoms with Crippen molar-refractivity contribution < 1.29 is 9.53 Å². The maximum absolute atomic E-state index is 12.2. The van der Waals surface area contributed by atoms with Crippen LogP contribution in [0.3, 0.4) is 0 Å². The van der Waals surface area contributed by atoms with Crippen LogP contribution in [-0.2, 0) is 11.3 Å². The van der Waals surface area contributed by atoms with E-state index in [4.69, 9.17) is 10.5 Å². The van der Waals surface area contributed by atoms with Crippen LogP contribution in [0.2, 0.25) is 0 Å². The predicted octanol–water partition coefficient (Wildman–Crippen LogP) is 3.68. The van der Waals surface area contributed by atoms with Gasteiger partial charge in [0, 0.05) is 12.2 Å². The number of unbranched alkanes of at least 4 members (excludes halogenated alkanes) is 1. The first-order valence-electron chi connectivity index (χ1n) is 8.21. The lowest BCUT2D eigenvalue weighted by Gasteiger charge is -2.10.